The van der Waals surface area contributed by atoms with Gasteiger partial charge in [-0.05, 0) is 50.1 Å². The first-order valence-electron chi connectivity index (χ1n) is 8.50. The zero-order chi connectivity index (χ0) is 19.6. The highest BCUT2D eigenvalue weighted by atomic mass is 16.6. The van der Waals surface area contributed by atoms with Crippen molar-refractivity contribution >= 4 is 33.9 Å². The highest BCUT2D eigenvalue weighted by molar-refractivity contribution is 5.99. The van der Waals surface area contributed by atoms with E-state index in [1.54, 1.807) is 24.4 Å². The summed E-state index contributed by atoms with van der Waals surface area (Å²) >= 11 is 0. The number of carbonyl (C=O) groups excluding carboxylic acids is 1. The van der Waals surface area contributed by atoms with Crippen LogP contribution in [0.5, 0.6) is 0 Å². The van der Waals surface area contributed by atoms with Gasteiger partial charge in [0.1, 0.15) is 5.52 Å². The van der Waals surface area contributed by atoms with E-state index in [0.717, 1.165) is 22.4 Å². The average Bonchev–Trinajstić information content (AvgIpc) is 2.62. The number of hydrogen-bond acceptors (Lipinski definition) is 5. The summed E-state index contributed by atoms with van der Waals surface area (Å²) in [5, 5.41) is 17.6. The van der Waals surface area contributed by atoms with Crippen LogP contribution in [-0.2, 0) is 4.79 Å². The molecule has 0 aliphatic rings. The first-order valence-corrected chi connectivity index (χ1v) is 8.50. The van der Waals surface area contributed by atoms with Crippen LogP contribution in [0, 0.1) is 30.9 Å². The Hall–Kier alpha value is -3.48. The lowest BCUT2D eigenvalue weighted by Gasteiger charge is -2.14. The van der Waals surface area contributed by atoms with Crippen molar-refractivity contribution in [1.82, 2.24) is 4.98 Å². The fraction of sp³-hybridized carbons (Fsp3) is 0.200. The van der Waals surface area contributed by atoms with Gasteiger partial charge in [-0.15, -0.1) is 0 Å². The Kier molecular flexibility index (Phi) is 5.03. The molecule has 7 nitrogen and oxygen atoms in total. The Morgan fingerprint density at radius 3 is 2.52 bits per heavy atom. The van der Waals surface area contributed by atoms with Gasteiger partial charge in [-0.3, -0.25) is 19.9 Å². The molecule has 138 valence electrons. The van der Waals surface area contributed by atoms with Gasteiger partial charge >= 0.3 is 0 Å². The maximum atomic E-state index is 12.4. The van der Waals surface area contributed by atoms with Crippen LogP contribution in [-0.4, -0.2) is 22.4 Å². The second-order valence-electron chi connectivity index (χ2n) is 6.46. The van der Waals surface area contributed by atoms with Crippen LogP contribution < -0.4 is 10.6 Å². The second-order valence-corrected chi connectivity index (χ2v) is 6.46. The number of nitrogens with one attached hydrogen (secondary N) is 2. The molecule has 0 aliphatic heterocycles. The lowest BCUT2D eigenvalue weighted by Crippen LogP contribution is -2.23. The molecular weight excluding hydrogens is 344 g/mol. The third-order valence-corrected chi connectivity index (χ3v) is 4.32. The van der Waals surface area contributed by atoms with E-state index >= 15 is 0 Å². The van der Waals surface area contributed by atoms with Crippen molar-refractivity contribution in [2.75, 3.05) is 17.2 Å². The van der Waals surface area contributed by atoms with Crippen molar-refractivity contribution < 1.29 is 9.72 Å². The Morgan fingerprint density at radius 1 is 1.15 bits per heavy atom. The molecule has 2 N–H and O–H groups in total. The number of nitro benzene ring substituents is 1. The second kappa shape index (κ2) is 7.41. The van der Waals surface area contributed by atoms with Crippen LogP contribution in [0.25, 0.3) is 10.9 Å². The number of non-ortho nitro benzene ring substituents is 1. The number of rotatable bonds is 5. The minimum absolute atomic E-state index is 0.0148. The average molecular weight is 364 g/mol. The van der Waals surface area contributed by atoms with E-state index in [1.807, 2.05) is 32.9 Å². The number of nitrogens with zero attached hydrogens (tertiary/aromatic N) is 2. The Morgan fingerprint density at radius 2 is 1.85 bits per heavy atom. The number of nitro groups is 1. The van der Waals surface area contributed by atoms with E-state index in [9.17, 15) is 14.9 Å². The quantitative estimate of drug-likeness (QED) is 0.524. The smallest absolute Gasteiger partial charge is 0.278 e. The minimum Gasteiger partial charge on any atom is -0.374 e. The number of pyridine rings is 1. The fourth-order valence-corrected chi connectivity index (χ4v) is 3.20. The summed E-state index contributed by atoms with van der Waals surface area (Å²) in [5.74, 6) is -0.201. The maximum absolute atomic E-state index is 12.4. The van der Waals surface area contributed by atoms with Gasteiger partial charge in [0, 0.05) is 18.0 Å². The van der Waals surface area contributed by atoms with Crippen LogP contribution in [0.4, 0.5) is 17.1 Å². The predicted molar refractivity (Wildman–Crippen MR) is 106 cm³/mol. The third-order valence-electron chi connectivity index (χ3n) is 4.32. The van der Waals surface area contributed by atoms with Crippen LogP contribution >= 0.6 is 0 Å². The molecule has 3 rings (SSSR count). The van der Waals surface area contributed by atoms with Crippen molar-refractivity contribution in [3.05, 3.63) is 69.4 Å². The summed E-state index contributed by atoms with van der Waals surface area (Å²) < 4.78 is 0. The molecule has 1 amide bonds. The van der Waals surface area contributed by atoms with E-state index < -0.39 is 4.92 Å². The molecule has 2 aromatic carbocycles. The highest BCUT2D eigenvalue weighted by Crippen LogP contribution is 2.29. The van der Waals surface area contributed by atoms with Gasteiger partial charge in [0.05, 0.1) is 22.5 Å². The van der Waals surface area contributed by atoms with Crippen molar-refractivity contribution in [1.29, 1.82) is 0 Å². The van der Waals surface area contributed by atoms with E-state index in [-0.39, 0.29) is 18.1 Å². The predicted octanol–water partition coefficient (Wildman–Crippen LogP) is 4.12. The van der Waals surface area contributed by atoms with E-state index in [2.05, 4.69) is 15.6 Å². The van der Waals surface area contributed by atoms with E-state index in [0.29, 0.717) is 16.6 Å². The van der Waals surface area contributed by atoms with Crippen LogP contribution in [0.3, 0.4) is 0 Å². The number of carbonyl (C=O) groups is 1. The van der Waals surface area contributed by atoms with Gasteiger partial charge in [-0.1, -0.05) is 17.7 Å². The SMILES string of the molecule is Cc1cc(C)c(NC(=O)CNc2ccc([N+](=O)[O-])c3cccnc23)c(C)c1. The summed E-state index contributed by atoms with van der Waals surface area (Å²) in [6.07, 6.45) is 1.57. The molecule has 1 heterocycles. The molecule has 0 saturated carbocycles. The van der Waals surface area contributed by atoms with Crippen molar-refractivity contribution in [3.63, 3.8) is 0 Å². The molecule has 0 radical (unpaired) electrons. The topological polar surface area (TPSA) is 97.2 Å². The normalized spacial score (nSPS) is 10.6. The lowest BCUT2D eigenvalue weighted by molar-refractivity contribution is -0.383. The van der Waals surface area contributed by atoms with E-state index in [1.165, 1.54) is 6.07 Å². The Balaban J connectivity index is 1.79. The van der Waals surface area contributed by atoms with Gasteiger partial charge in [-0.2, -0.15) is 0 Å². The highest BCUT2D eigenvalue weighted by Gasteiger charge is 2.15. The van der Waals surface area contributed by atoms with Crippen LogP contribution in [0.2, 0.25) is 0 Å². The van der Waals surface area contributed by atoms with Gasteiger partial charge < -0.3 is 10.6 Å². The summed E-state index contributed by atoms with van der Waals surface area (Å²) in [6, 6.07) is 10.3. The minimum atomic E-state index is -0.441. The molecule has 0 unspecified atom stereocenters. The molecular formula is C20H20N4O3. The van der Waals surface area contributed by atoms with Crippen molar-refractivity contribution in [2.45, 2.75) is 20.8 Å². The number of aromatic nitrogens is 1. The van der Waals surface area contributed by atoms with Gasteiger partial charge in [-0.25, -0.2) is 0 Å². The molecule has 0 spiro atoms. The van der Waals surface area contributed by atoms with Crippen molar-refractivity contribution in [3.8, 4) is 0 Å². The summed E-state index contributed by atoms with van der Waals surface area (Å²) in [4.78, 5) is 27.3. The molecule has 27 heavy (non-hydrogen) atoms. The van der Waals surface area contributed by atoms with E-state index in [4.69, 9.17) is 0 Å². The molecule has 0 saturated heterocycles. The molecule has 0 bridgehead atoms. The Labute approximate surface area is 156 Å². The molecule has 7 heteroatoms. The molecule has 0 aliphatic carbocycles. The van der Waals surface area contributed by atoms with Crippen LogP contribution in [0.15, 0.2) is 42.6 Å². The first kappa shape index (κ1) is 18.3. The summed E-state index contributed by atoms with van der Waals surface area (Å²) in [6.45, 7) is 5.95. The number of anilines is 2. The van der Waals surface area contributed by atoms with Gasteiger partial charge in [0.15, 0.2) is 0 Å². The van der Waals surface area contributed by atoms with Crippen LogP contribution in [0.1, 0.15) is 16.7 Å². The third kappa shape index (κ3) is 3.87. The monoisotopic (exact) mass is 364 g/mol. The zero-order valence-corrected chi connectivity index (χ0v) is 15.4. The molecule has 1 aromatic heterocycles. The summed E-state index contributed by atoms with van der Waals surface area (Å²) in [5.41, 5.74) is 4.97. The lowest BCUT2D eigenvalue weighted by atomic mass is 10.1. The van der Waals surface area contributed by atoms with Gasteiger partial charge in [0.25, 0.3) is 5.69 Å². The van der Waals surface area contributed by atoms with Crippen molar-refractivity contribution in [2.24, 2.45) is 0 Å². The van der Waals surface area contributed by atoms with Gasteiger partial charge in [0.2, 0.25) is 5.91 Å². The first-order chi connectivity index (χ1) is 12.9. The largest absolute Gasteiger partial charge is 0.374 e. The summed E-state index contributed by atoms with van der Waals surface area (Å²) in [7, 11) is 0. The Bertz CT molecular complexity index is 1020. The standard InChI is InChI=1S/C20H20N4O3/c1-12-9-13(2)19(14(3)10-12)23-18(25)11-22-16-6-7-17(24(26)27)15-5-4-8-21-20(15)16/h4-10,22H,11H2,1-3H3,(H,23,25). The number of hydrogen-bond donors (Lipinski definition) is 2. The maximum Gasteiger partial charge on any atom is 0.278 e. The molecule has 3 aromatic rings. The molecule has 0 fully saturated rings. The number of aryl methyl sites for hydroxylation is 3. The zero-order valence-electron chi connectivity index (χ0n) is 15.4. The number of benzene rings is 2. The number of fused-ring (bicyclic) bond motifs is 1. The number of amides is 1. The molecule has 0 atom stereocenters. The fourth-order valence-electron chi connectivity index (χ4n) is 3.20.